The van der Waals surface area contributed by atoms with Crippen LogP contribution in [0.5, 0.6) is 5.75 Å². The largest absolute Gasteiger partial charge is 0.508 e. The minimum absolute atomic E-state index is 0.160. The Morgan fingerprint density at radius 3 is 2.68 bits per heavy atom. The summed E-state index contributed by atoms with van der Waals surface area (Å²) in [5.74, 6) is 0.255. The number of anilines is 1. The number of aromatic hydroxyl groups is 1. The molecule has 0 radical (unpaired) electrons. The number of thiophene rings is 1. The highest BCUT2D eigenvalue weighted by Gasteiger charge is 2.09. The van der Waals surface area contributed by atoms with E-state index in [4.69, 9.17) is 5.73 Å². The number of hydrogen-bond donors (Lipinski definition) is 2. The minimum Gasteiger partial charge on any atom is -0.508 e. The maximum Gasteiger partial charge on any atom is 0.122 e. The number of phenols is 1. The summed E-state index contributed by atoms with van der Waals surface area (Å²) in [5.41, 5.74) is 8.78. The van der Waals surface area contributed by atoms with Gasteiger partial charge in [-0.3, -0.25) is 0 Å². The van der Waals surface area contributed by atoms with Gasteiger partial charge in [0.1, 0.15) is 5.75 Å². The Bertz CT molecular complexity index is 568. The first kappa shape index (κ1) is 14.4. The van der Waals surface area contributed by atoms with E-state index in [0.717, 1.165) is 21.6 Å². The molecule has 1 atom stereocenters. The van der Waals surface area contributed by atoms with Gasteiger partial charge in [-0.1, -0.05) is 6.07 Å². The summed E-state index contributed by atoms with van der Waals surface area (Å²) in [4.78, 5) is 2.10. The van der Waals surface area contributed by atoms with Gasteiger partial charge in [-0.05, 0) is 45.9 Å². The number of nitrogens with zero attached hydrogens (tertiary/aromatic N) is 1. The van der Waals surface area contributed by atoms with Crippen LogP contribution in [0.25, 0.3) is 0 Å². The Morgan fingerprint density at radius 1 is 1.42 bits per heavy atom. The van der Waals surface area contributed by atoms with E-state index in [2.05, 4.69) is 32.3 Å². The van der Waals surface area contributed by atoms with E-state index in [1.165, 1.54) is 5.56 Å². The summed E-state index contributed by atoms with van der Waals surface area (Å²) in [6.45, 7) is 2.67. The van der Waals surface area contributed by atoms with Crippen LogP contribution < -0.4 is 10.6 Å². The molecule has 102 valence electrons. The lowest BCUT2D eigenvalue weighted by molar-refractivity contribution is 0.464. The van der Waals surface area contributed by atoms with E-state index in [0.29, 0.717) is 0 Å². The van der Waals surface area contributed by atoms with Crippen molar-refractivity contribution in [1.82, 2.24) is 0 Å². The molecule has 1 heterocycles. The molecule has 0 spiro atoms. The molecule has 3 nitrogen and oxygen atoms in total. The first-order valence-electron chi connectivity index (χ1n) is 6.00. The SMILES string of the molecule is CC(N)c1ccc(N(C)Cc2csc(Br)c2)cc1O. The summed E-state index contributed by atoms with van der Waals surface area (Å²) >= 11 is 5.14. The van der Waals surface area contributed by atoms with Crippen molar-refractivity contribution in [3.8, 4) is 5.75 Å². The zero-order chi connectivity index (χ0) is 14.0. The van der Waals surface area contributed by atoms with Crippen LogP contribution in [-0.4, -0.2) is 12.2 Å². The Hall–Kier alpha value is -1.04. The Morgan fingerprint density at radius 2 is 2.16 bits per heavy atom. The second-order valence-corrected chi connectivity index (χ2v) is 6.94. The van der Waals surface area contributed by atoms with Crippen LogP contribution in [0.1, 0.15) is 24.1 Å². The summed E-state index contributed by atoms with van der Waals surface area (Å²) in [6.07, 6.45) is 0. The molecular formula is C14H17BrN2OS. The van der Waals surface area contributed by atoms with Gasteiger partial charge in [0.15, 0.2) is 0 Å². The summed E-state index contributed by atoms with van der Waals surface area (Å²) in [6, 6.07) is 7.58. The molecule has 3 N–H and O–H groups in total. The average molecular weight is 341 g/mol. The standard InChI is InChI=1S/C14H17BrN2OS/c1-9(16)12-4-3-11(6-13(12)18)17(2)7-10-5-14(15)19-8-10/h3-6,8-9,18H,7,16H2,1-2H3. The lowest BCUT2D eigenvalue weighted by atomic mass is 10.1. The molecule has 2 rings (SSSR count). The van der Waals surface area contributed by atoms with Crippen molar-refractivity contribution in [2.75, 3.05) is 11.9 Å². The first-order chi connectivity index (χ1) is 8.97. The van der Waals surface area contributed by atoms with E-state index in [-0.39, 0.29) is 11.8 Å². The van der Waals surface area contributed by atoms with Crippen LogP contribution in [0.15, 0.2) is 33.4 Å². The van der Waals surface area contributed by atoms with Crippen molar-refractivity contribution in [1.29, 1.82) is 0 Å². The number of phenolic OH excluding ortho intramolecular Hbond substituents is 1. The van der Waals surface area contributed by atoms with Crippen LogP contribution in [0.2, 0.25) is 0 Å². The fourth-order valence-electron chi connectivity index (χ4n) is 1.95. The topological polar surface area (TPSA) is 49.5 Å². The molecule has 1 aromatic heterocycles. The molecule has 0 saturated heterocycles. The van der Waals surface area contributed by atoms with E-state index in [1.807, 2.05) is 26.1 Å². The van der Waals surface area contributed by atoms with Gasteiger partial charge in [0.25, 0.3) is 0 Å². The molecule has 0 aliphatic heterocycles. The molecule has 1 unspecified atom stereocenters. The number of nitrogens with two attached hydrogens (primary N) is 1. The first-order valence-corrected chi connectivity index (χ1v) is 7.67. The van der Waals surface area contributed by atoms with Crippen molar-refractivity contribution >= 4 is 33.0 Å². The fraction of sp³-hybridized carbons (Fsp3) is 0.286. The molecule has 0 aliphatic rings. The predicted octanol–water partition coefficient (Wildman–Crippen LogP) is 3.87. The fourth-order valence-corrected chi connectivity index (χ4v) is 3.15. The zero-order valence-corrected chi connectivity index (χ0v) is 13.3. The Labute approximate surface area is 125 Å². The van der Waals surface area contributed by atoms with Crippen LogP contribution in [0.3, 0.4) is 0 Å². The third kappa shape index (κ3) is 3.49. The third-order valence-corrected chi connectivity index (χ3v) is 4.54. The second kappa shape index (κ2) is 5.94. The van der Waals surface area contributed by atoms with Crippen molar-refractivity contribution in [2.24, 2.45) is 5.73 Å². The molecule has 1 aromatic carbocycles. The second-order valence-electron chi connectivity index (χ2n) is 4.65. The van der Waals surface area contributed by atoms with E-state index in [9.17, 15) is 5.11 Å². The maximum absolute atomic E-state index is 9.97. The molecule has 0 amide bonds. The van der Waals surface area contributed by atoms with E-state index >= 15 is 0 Å². The van der Waals surface area contributed by atoms with Gasteiger partial charge in [-0.25, -0.2) is 0 Å². The van der Waals surface area contributed by atoms with Gasteiger partial charge in [0, 0.05) is 37.0 Å². The minimum atomic E-state index is -0.160. The number of halogens is 1. The smallest absolute Gasteiger partial charge is 0.122 e. The molecule has 5 heteroatoms. The quantitative estimate of drug-likeness (QED) is 0.888. The van der Waals surface area contributed by atoms with Gasteiger partial charge in [-0.2, -0.15) is 0 Å². The normalized spacial score (nSPS) is 12.4. The molecule has 0 saturated carbocycles. The summed E-state index contributed by atoms with van der Waals surface area (Å²) < 4.78 is 1.13. The van der Waals surface area contributed by atoms with Crippen molar-refractivity contribution < 1.29 is 5.11 Å². The van der Waals surface area contributed by atoms with Gasteiger partial charge >= 0.3 is 0 Å². The molecule has 0 fully saturated rings. The molecule has 2 aromatic rings. The third-order valence-electron chi connectivity index (χ3n) is 2.99. The van der Waals surface area contributed by atoms with Gasteiger partial charge < -0.3 is 15.7 Å². The van der Waals surface area contributed by atoms with E-state index < -0.39 is 0 Å². The molecule has 0 bridgehead atoms. The highest BCUT2D eigenvalue weighted by Crippen LogP contribution is 2.29. The Balaban J connectivity index is 2.15. The van der Waals surface area contributed by atoms with Gasteiger partial charge in [-0.15, -0.1) is 11.3 Å². The highest BCUT2D eigenvalue weighted by molar-refractivity contribution is 9.11. The van der Waals surface area contributed by atoms with E-state index in [1.54, 1.807) is 17.4 Å². The summed E-state index contributed by atoms with van der Waals surface area (Å²) in [7, 11) is 2.01. The van der Waals surface area contributed by atoms with Crippen molar-refractivity contribution in [3.05, 3.63) is 44.6 Å². The van der Waals surface area contributed by atoms with Crippen LogP contribution in [0, 0.1) is 0 Å². The van der Waals surface area contributed by atoms with Crippen LogP contribution in [-0.2, 0) is 6.54 Å². The average Bonchev–Trinajstić information content (AvgIpc) is 2.74. The van der Waals surface area contributed by atoms with Gasteiger partial charge in [0.05, 0.1) is 3.79 Å². The number of hydrogen-bond acceptors (Lipinski definition) is 4. The lowest BCUT2D eigenvalue weighted by Crippen LogP contribution is -2.16. The highest BCUT2D eigenvalue weighted by atomic mass is 79.9. The Kier molecular flexibility index (Phi) is 4.50. The number of benzene rings is 1. The maximum atomic E-state index is 9.97. The molecule has 0 aliphatic carbocycles. The van der Waals surface area contributed by atoms with Crippen molar-refractivity contribution in [3.63, 3.8) is 0 Å². The molecule has 19 heavy (non-hydrogen) atoms. The number of rotatable bonds is 4. The van der Waals surface area contributed by atoms with Crippen LogP contribution >= 0.6 is 27.3 Å². The zero-order valence-electron chi connectivity index (χ0n) is 10.9. The lowest BCUT2D eigenvalue weighted by Gasteiger charge is -2.20. The predicted molar refractivity (Wildman–Crippen MR) is 84.8 cm³/mol. The molecular weight excluding hydrogens is 324 g/mol. The summed E-state index contributed by atoms with van der Waals surface area (Å²) in [5, 5.41) is 12.1. The monoisotopic (exact) mass is 340 g/mol. The van der Waals surface area contributed by atoms with Crippen LogP contribution in [0.4, 0.5) is 5.69 Å². The van der Waals surface area contributed by atoms with Crippen molar-refractivity contribution in [2.45, 2.75) is 19.5 Å². The van der Waals surface area contributed by atoms with Gasteiger partial charge in [0.2, 0.25) is 0 Å².